The fraction of sp³-hybridized carbons (Fsp3) is 0.381. The number of amides is 1. The summed E-state index contributed by atoms with van der Waals surface area (Å²) >= 11 is 0. The largest absolute Gasteiger partial charge is 0.376 e. The van der Waals surface area contributed by atoms with Crippen LogP contribution in [-0.4, -0.2) is 49.7 Å². The predicted molar refractivity (Wildman–Crippen MR) is 111 cm³/mol. The average Bonchev–Trinajstić information content (AvgIpc) is 2.72. The van der Waals surface area contributed by atoms with E-state index in [1.165, 1.54) is 15.4 Å². The first-order valence-electron chi connectivity index (χ1n) is 9.64. The smallest absolute Gasteiger partial charge is 0.243 e. The quantitative estimate of drug-likeness (QED) is 0.775. The number of hydrogen-bond donors (Lipinski definition) is 1. The van der Waals surface area contributed by atoms with Gasteiger partial charge >= 0.3 is 0 Å². The minimum absolute atomic E-state index is 0.0364. The van der Waals surface area contributed by atoms with Crippen LogP contribution >= 0.6 is 0 Å². The van der Waals surface area contributed by atoms with E-state index in [0.717, 1.165) is 18.7 Å². The van der Waals surface area contributed by atoms with Gasteiger partial charge < -0.3 is 10.2 Å². The molecular formula is C21H27N3O3S. The Morgan fingerprint density at radius 3 is 2.32 bits per heavy atom. The number of carbonyl (C=O) groups excluding carboxylic acids is 1. The highest BCUT2D eigenvalue weighted by Crippen LogP contribution is 2.20. The molecule has 0 fully saturated rings. The molecule has 1 aliphatic heterocycles. The molecule has 0 unspecified atom stereocenters. The average molecular weight is 402 g/mol. The topological polar surface area (TPSA) is 69.7 Å². The molecule has 6 nitrogen and oxygen atoms in total. The van der Waals surface area contributed by atoms with E-state index in [2.05, 4.69) is 17.4 Å². The maximum atomic E-state index is 12.5. The first-order chi connectivity index (χ1) is 13.5. The van der Waals surface area contributed by atoms with Gasteiger partial charge in [-0.1, -0.05) is 38.1 Å². The number of hydrogen-bond acceptors (Lipinski definition) is 4. The Kier molecular flexibility index (Phi) is 6.36. The van der Waals surface area contributed by atoms with Crippen molar-refractivity contribution in [1.82, 2.24) is 9.21 Å². The number of fused-ring (bicyclic) bond motifs is 1. The van der Waals surface area contributed by atoms with Crippen LogP contribution in [0.1, 0.15) is 25.0 Å². The van der Waals surface area contributed by atoms with E-state index < -0.39 is 10.0 Å². The van der Waals surface area contributed by atoms with Crippen LogP contribution in [0.15, 0.2) is 53.4 Å². The van der Waals surface area contributed by atoms with E-state index in [9.17, 15) is 13.2 Å². The van der Waals surface area contributed by atoms with Crippen molar-refractivity contribution in [3.05, 3.63) is 59.7 Å². The van der Waals surface area contributed by atoms with E-state index in [1.54, 1.807) is 24.3 Å². The Bertz CT molecular complexity index is 922. The second-order valence-corrected chi connectivity index (χ2v) is 8.74. The molecule has 28 heavy (non-hydrogen) atoms. The van der Waals surface area contributed by atoms with Gasteiger partial charge in [0.25, 0.3) is 0 Å². The summed E-state index contributed by atoms with van der Waals surface area (Å²) in [5.74, 6) is 0.0364. The van der Waals surface area contributed by atoms with Crippen molar-refractivity contribution < 1.29 is 13.2 Å². The highest BCUT2D eigenvalue weighted by molar-refractivity contribution is 7.89. The van der Waals surface area contributed by atoms with Gasteiger partial charge in [-0.2, -0.15) is 4.31 Å². The van der Waals surface area contributed by atoms with Gasteiger partial charge in [-0.3, -0.25) is 4.79 Å². The molecule has 0 spiro atoms. The highest BCUT2D eigenvalue weighted by Gasteiger charge is 2.22. The molecule has 0 aliphatic carbocycles. The van der Waals surface area contributed by atoms with E-state index in [-0.39, 0.29) is 17.3 Å². The molecule has 1 heterocycles. The third-order valence-corrected chi connectivity index (χ3v) is 7.19. The van der Waals surface area contributed by atoms with Gasteiger partial charge in [-0.15, -0.1) is 0 Å². The maximum absolute atomic E-state index is 12.5. The van der Waals surface area contributed by atoms with Gasteiger partial charge in [0.1, 0.15) is 0 Å². The van der Waals surface area contributed by atoms with Crippen molar-refractivity contribution in [2.75, 3.05) is 31.5 Å². The van der Waals surface area contributed by atoms with Crippen LogP contribution in [0.4, 0.5) is 5.69 Å². The Morgan fingerprint density at radius 2 is 1.68 bits per heavy atom. The molecule has 0 atom stereocenters. The number of anilines is 1. The number of rotatable bonds is 7. The molecule has 0 radical (unpaired) electrons. The second kappa shape index (κ2) is 8.75. The van der Waals surface area contributed by atoms with Gasteiger partial charge in [-0.25, -0.2) is 8.42 Å². The molecule has 0 bridgehead atoms. The van der Waals surface area contributed by atoms with E-state index in [1.807, 2.05) is 30.9 Å². The standard InChI is InChI=1S/C21H27N3O3S/c1-3-24(4-2)28(26,27)20-11-9-19(10-12-20)22-15-21(25)23-14-13-17-7-5-6-8-18(17)16-23/h5-12,22H,3-4,13-16H2,1-2H3. The molecule has 2 aromatic rings. The minimum Gasteiger partial charge on any atom is -0.376 e. The van der Waals surface area contributed by atoms with Gasteiger partial charge in [-0.05, 0) is 41.8 Å². The molecule has 0 saturated carbocycles. The zero-order valence-electron chi connectivity index (χ0n) is 16.4. The van der Waals surface area contributed by atoms with Crippen LogP contribution in [-0.2, 0) is 27.8 Å². The summed E-state index contributed by atoms with van der Waals surface area (Å²) < 4.78 is 26.5. The number of nitrogens with zero attached hydrogens (tertiary/aromatic N) is 2. The predicted octanol–water partition coefficient (Wildman–Crippen LogP) is 2.71. The molecule has 150 valence electrons. The summed E-state index contributed by atoms with van der Waals surface area (Å²) in [6, 6.07) is 14.8. The molecule has 2 aromatic carbocycles. The lowest BCUT2D eigenvalue weighted by atomic mass is 10.00. The van der Waals surface area contributed by atoms with Crippen molar-refractivity contribution in [3.8, 4) is 0 Å². The molecule has 3 rings (SSSR count). The Hall–Kier alpha value is -2.38. The lowest BCUT2D eigenvalue weighted by molar-refractivity contribution is -0.130. The van der Waals surface area contributed by atoms with E-state index in [0.29, 0.717) is 19.6 Å². The van der Waals surface area contributed by atoms with Crippen LogP contribution in [0, 0.1) is 0 Å². The fourth-order valence-corrected chi connectivity index (χ4v) is 4.91. The maximum Gasteiger partial charge on any atom is 0.243 e. The third-order valence-electron chi connectivity index (χ3n) is 5.12. The third kappa shape index (κ3) is 4.36. The van der Waals surface area contributed by atoms with Crippen molar-refractivity contribution in [2.24, 2.45) is 0 Å². The Balaban J connectivity index is 1.59. The summed E-state index contributed by atoms with van der Waals surface area (Å²) in [5, 5.41) is 3.10. The van der Waals surface area contributed by atoms with Crippen LogP contribution in [0.3, 0.4) is 0 Å². The number of benzene rings is 2. The van der Waals surface area contributed by atoms with Crippen molar-refractivity contribution >= 4 is 21.6 Å². The molecule has 7 heteroatoms. The first-order valence-corrected chi connectivity index (χ1v) is 11.1. The highest BCUT2D eigenvalue weighted by atomic mass is 32.2. The molecule has 1 amide bonds. The van der Waals surface area contributed by atoms with Crippen LogP contribution in [0.5, 0.6) is 0 Å². The Morgan fingerprint density at radius 1 is 1.04 bits per heavy atom. The minimum atomic E-state index is -3.46. The molecule has 1 N–H and O–H groups in total. The summed E-state index contributed by atoms with van der Waals surface area (Å²) in [7, 11) is -3.46. The van der Waals surface area contributed by atoms with Gasteiger partial charge in [0.05, 0.1) is 11.4 Å². The summed E-state index contributed by atoms with van der Waals surface area (Å²) in [6.07, 6.45) is 0.875. The van der Waals surface area contributed by atoms with E-state index in [4.69, 9.17) is 0 Å². The molecule has 0 saturated heterocycles. The van der Waals surface area contributed by atoms with Crippen molar-refractivity contribution in [2.45, 2.75) is 31.7 Å². The van der Waals surface area contributed by atoms with Crippen molar-refractivity contribution in [1.29, 1.82) is 0 Å². The molecule has 0 aromatic heterocycles. The van der Waals surface area contributed by atoms with Gasteiger partial charge in [0.15, 0.2) is 0 Å². The van der Waals surface area contributed by atoms with Crippen LogP contribution < -0.4 is 5.32 Å². The zero-order chi connectivity index (χ0) is 20.1. The molecule has 1 aliphatic rings. The number of nitrogens with one attached hydrogen (secondary N) is 1. The number of carbonyl (C=O) groups is 1. The van der Waals surface area contributed by atoms with Gasteiger partial charge in [0.2, 0.25) is 15.9 Å². The first kappa shape index (κ1) is 20.4. The molecular weight excluding hydrogens is 374 g/mol. The van der Waals surface area contributed by atoms with Crippen LogP contribution in [0.2, 0.25) is 0 Å². The fourth-order valence-electron chi connectivity index (χ4n) is 3.46. The number of sulfonamides is 1. The van der Waals surface area contributed by atoms with Crippen LogP contribution in [0.25, 0.3) is 0 Å². The zero-order valence-corrected chi connectivity index (χ0v) is 17.2. The lowest BCUT2D eigenvalue weighted by Crippen LogP contribution is -2.39. The SMILES string of the molecule is CCN(CC)S(=O)(=O)c1ccc(NCC(=O)N2CCc3ccccc3C2)cc1. The second-order valence-electron chi connectivity index (χ2n) is 6.80. The normalized spacial score (nSPS) is 14.0. The van der Waals surface area contributed by atoms with Crippen molar-refractivity contribution in [3.63, 3.8) is 0 Å². The van der Waals surface area contributed by atoms with E-state index >= 15 is 0 Å². The summed E-state index contributed by atoms with van der Waals surface area (Å²) in [4.78, 5) is 14.7. The summed E-state index contributed by atoms with van der Waals surface area (Å²) in [6.45, 7) is 6.06. The Labute approximate surface area is 167 Å². The summed E-state index contributed by atoms with van der Waals surface area (Å²) in [5.41, 5.74) is 3.24. The lowest BCUT2D eigenvalue weighted by Gasteiger charge is -2.29. The monoisotopic (exact) mass is 401 g/mol. The van der Waals surface area contributed by atoms with Gasteiger partial charge in [0, 0.05) is 31.9 Å².